The molecular weight excluding hydrogens is 306 g/mol. The lowest BCUT2D eigenvalue weighted by molar-refractivity contribution is -0.0556. The summed E-state index contributed by atoms with van der Waals surface area (Å²) >= 11 is 0. The molecule has 1 spiro atoms. The highest BCUT2D eigenvalue weighted by atomic mass is 32.2. The van der Waals surface area contributed by atoms with Crippen molar-refractivity contribution in [1.82, 2.24) is 0 Å². The van der Waals surface area contributed by atoms with Crippen LogP contribution in [0.5, 0.6) is 0 Å². The maximum atomic E-state index is 13.1. The molecule has 8 heteroatoms. The first-order chi connectivity index (χ1) is 9.60. The molecule has 0 saturated heterocycles. The largest absolute Gasteiger partial charge is 0.392 e. The summed E-state index contributed by atoms with van der Waals surface area (Å²) in [6, 6.07) is 0. The second-order valence-electron chi connectivity index (χ2n) is 7.33. The smallest absolute Gasteiger partial charge is 0.389 e. The van der Waals surface area contributed by atoms with Gasteiger partial charge in [0, 0.05) is 5.41 Å². The Labute approximate surface area is 121 Å². The second kappa shape index (κ2) is 3.77. The Bertz CT molecular complexity index is 593. The summed E-state index contributed by atoms with van der Waals surface area (Å²) in [6.45, 7) is -1.25. The number of rotatable bonds is 5. The highest BCUT2D eigenvalue weighted by molar-refractivity contribution is 7.86. The molecular formula is C13H18F2O5S. The van der Waals surface area contributed by atoms with Crippen molar-refractivity contribution in [1.29, 1.82) is 0 Å². The normalized spacial score (nSPS) is 50.5. The molecule has 4 aliphatic rings. The van der Waals surface area contributed by atoms with Crippen molar-refractivity contribution in [2.75, 3.05) is 13.2 Å². The first-order valence-corrected chi connectivity index (χ1v) is 8.69. The van der Waals surface area contributed by atoms with Gasteiger partial charge in [0.15, 0.2) is 0 Å². The summed E-state index contributed by atoms with van der Waals surface area (Å²) in [5, 5.41) is 6.17. The van der Waals surface area contributed by atoms with E-state index in [1.807, 2.05) is 0 Å². The molecule has 4 saturated carbocycles. The van der Waals surface area contributed by atoms with Crippen molar-refractivity contribution in [3.63, 3.8) is 0 Å². The monoisotopic (exact) mass is 324 g/mol. The van der Waals surface area contributed by atoms with Crippen molar-refractivity contribution >= 4 is 10.1 Å². The van der Waals surface area contributed by atoms with Crippen LogP contribution in [0.4, 0.5) is 8.78 Å². The summed E-state index contributed by atoms with van der Waals surface area (Å²) in [5.41, 5.74) is -0.439. The molecule has 5 nitrogen and oxygen atoms in total. The molecule has 0 aliphatic heterocycles. The lowest BCUT2D eigenvalue weighted by Gasteiger charge is -2.45. The van der Waals surface area contributed by atoms with Gasteiger partial charge in [-0.2, -0.15) is 17.2 Å². The Kier molecular flexibility index (Phi) is 2.57. The Morgan fingerprint density at radius 1 is 1.33 bits per heavy atom. The maximum Gasteiger partial charge on any atom is 0.392 e. The van der Waals surface area contributed by atoms with E-state index in [1.54, 1.807) is 0 Å². The molecule has 4 aliphatic carbocycles. The fourth-order valence-electron chi connectivity index (χ4n) is 5.47. The zero-order valence-electron chi connectivity index (χ0n) is 11.3. The zero-order valence-corrected chi connectivity index (χ0v) is 12.2. The number of halogens is 2. The zero-order chi connectivity index (χ0) is 15.3. The van der Waals surface area contributed by atoms with E-state index in [-0.39, 0.29) is 23.9 Å². The third-order valence-electron chi connectivity index (χ3n) is 6.51. The van der Waals surface area contributed by atoms with Gasteiger partial charge in [-0.1, -0.05) is 0 Å². The summed E-state index contributed by atoms with van der Waals surface area (Å²) in [7, 11) is -5.43. The standard InChI is InChI=1S/C13H18F2O5S/c14-13(15,21(17,18)19)6-20-4-9-7-1-10-8(9)3-11(10)5-12(11,16)2-7/h7-10,16H,1-6H2,(H,17,18,19). The van der Waals surface area contributed by atoms with Crippen LogP contribution in [0.2, 0.25) is 0 Å². The van der Waals surface area contributed by atoms with E-state index in [4.69, 9.17) is 9.29 Å². The van der Waals surface area contributed by atoms with Gasteiger partial charge in [0.1, 0.15) is 6.61 Å². The fraction of sp³-hybridized carbons (Fsp3) is 1.00. The molecule has 21 heavy (non-hydrogen) atoms. The molecule has 0 radical (unpaired) electrons. The van der Waals surface area contributed by atoms with Crippen LogP contribution in [0.3, 0.4) is 0 Å². The SMILES string of the molecule is O=S(=O)(O)C(F)(F)COCC1C2CC3C1CC31CC1(O)C2. The molecule has 0 aromatic carbocycles. The van der Waals surface area contributed by atoms with Gasteiger partial charge in [0.2, 0.25) is 0 Å². The third kappa shape index (κ3) is 1.67. The van der Waals surface area contributed by atoms with E-state index in [9.17, 15) is 22.3 Å². The van der Waals surface area contributed by atoms with Crippen LogP contribution in [0.15, 0.2) is 0 Å². The summed E-state index contributed by atoms with van der Waals surface area (Å²) < 4.78 is 60.6. The number of hydrogen-bond acceptors (Lipinski definition) is 4. The average Bonchev–Trinajstić information content (AvgIpc) is 2.90. The molecule has 0 aromatic rings. The Hall–Kier alpha value is -0.310. The van der Waals surface area contributed by atoms with E-state index in [0.29, 0.717) is 18.3 Å². The Morgan fingerprint density at radius 3 is 2.71 bits per heavy atom. The third-order valence-corrected chi connectivity index (χ3v) is 7.38. The van der Waals surface area contributed by atoms with Crippen LogP contribution in [0.25, 0.3) is 0 Å². The topological polar surface area (TPSA) is 83.8 Å². The van der Waals surface area contributed by atoms with Gasteiger partial charge < -0.3 is 9.84 Å². The maximum absolute atomic E-state index is 13.1. The van der Waals surface area contributed by atoms with Gasteiger partial charge >= 0.3 is 15.4 Å². The summed E-state index contributed by atoms with van der Waals surface area (Å²) in [6.07, 6.45) is 3.55. The van der Waals surface area contributed by atoms with Crippen molar-refractivity contribution < 1.29 is 31.6 Å². The fourth-order valence-corrected chi connectivity index (χ4v) is 5.70. The van der Waals surface area contributed by atoms with Crippen LogP contribution in [0, 0.1) is 29.1 Å². The second-order valence-corrected chi connectivity index (χ2v) is 8.88. The van der Waals surface area contributed by atoms with Crippen molar-refractivity contribution in [2.24, 2.45) is 29.1 Å². The Balaban J connectivity index is 1.38. The first-order valence-electron chi connectivity index (χ1n) is 7.25. The molecule has 6 atom stereocenters. The molecule has 0 aromatic heterocycles. The molecule has 2 bridgehead atoms. The van der Waals surface area contributed by atoms with Crippen LogP contribution >= 0.6 is 0 Å². The highest BCUT2D eigenvalue weighted by Crippen LogP contribution is 2.83. The van der Waals surface area contributed by atoms with Crippen molar-refractivity contribution in [3.05, 3.63) is 0 Å². The van der Waals surface area contributed by atoms with Gasteiger partial charge in [0.25, 0.3) is 0 Å². The molecule has 0 heterocycles. The van der Waals surface area contributed by atoms with Crippen LogP contribution in [0.1, 0.15) is 25.7 Å². The first kappa shape index (κ1) is 14.3. The van der Waals surface area contributed by atoms with Crippen LogP contribution in [-0.2, 0) is 14.9 Å². The van der Waals surface area contributed by atoms with Crippen molar-refractivity contribution in [3.8, 4) is 0 Å². The number of ether oxygens (including phenoxy) is 1. The molecule has 2 N–H and O–H groups in total. The van der Waals surface area contributed by atoms with Gasteiger partial charge in [0.05, 0.1) is 12.2 Å². The Morgan fingerprint density at radius 2 is 2.05 bits per heavy atom. The molecule has 6 unspecified atom stereocenters. The molecule has 4 fully saturated rings. The number of fused-ring (bicyclic) bond motifs is 1. The predicted molar refractivity (Wildman–Crippen MR) is 67.1 cm³/mol. The summed E-state index contributed by atoms with van der Waals surface area (Å²) in [4.78, 5) is 0. The van der Waals surface area contributed by atoms with Gasteiger partial charge in [-0.3, -0.25) is 4.55 Å². The molecule has 4 rings (SSSR count). The predicted octanol–water partition coefficient (Wildman–Crippen LogP) is 1.28. The van der Waals surface area contributed by atoms with Crippen molar-refractivity contribution in [2.45, 2.75) is 36.5 Å². The highest BCUT2D eigenvalue weighted by Gasteiger charge is 2.82. The molecule has 120 valence electrons. The van der Waals surface area contributed by atoms with Gasteiger partial charge in [-0.25, -0.2) is 0 Å². The lowest BCUT2D eigenvalue weighted by Crippen LogP contribution is -2.43. The van der Waals surface area contributed by atoms with E-state index in [2.05, 4.69) is 0 Å². The van der Waals surface area contributed by atoms with E-state index in [0.717, 1.165) is 19.3 Å². The number of alkyl halides is 2. The van der Waals surface area contributed by atoms with Crippen LogP contribution in [-0.4, -0.2) is 42.1 Å². The average molecular weight is 324 g/mol. The lowest BCUT2D eigenvalue weighted by atomic mass is 9.60. The van der Waals surface area contributed by atoms with E-state index >= 15 is 0 Å². The van der Waals surface area contributed by atoms with Crippen LogP contribution < -0.4 is 0 Å². The van der Waals surface area contributed by atoms with Gasteiger partial charge in [-0.05, 0) is 49.4 Å². The quantitative estimate of drug-likeness (QED) is 0.744. The van der Waals surface area contributed by atoms with E-state index < -0.39 is 27.6 Å². The minimum absolute atomic E-state index is 0.0725. The summed E-state index contributed by atoms with van der Waals surface area (Å²) in [5.74, 6) is 1.29. The van der Waals surface area contributed by atoms with Gasteiger partial charge in [-0.15, -0.1) is 0 Å². The minimum Gasteiger partial charge on any atom is -0.389 e. The number of aliphatic hydroxyl groups is 1. The number of hydrogen-bond donors (Lipinski definition) is 2. The minimum atomic E-state index is -5.43. The molecule has 0 amide bonds. The van der Waals surface area contributed by atoms with E-state index in [1.165, 1.54) is 0 Å².